The molecule has 0 spiro atoms. The lowest BCUT2D eigenvalue weighted by Gasteiger charge is -2.10. The van der Waals surface area contributed by atoms with Crippen LogP contribution in [0.2, 0.25) is 0 Å². The molecule has 3 aromatic rings. The lowest BCUT2D eigenvalue weighted by molar-refractivity contribution is -0.153. The molecular weight excluding hydrogens is 366 g/mol. The number of alkyl halides is 3. The fourth-order valence-electron chi connectivity index (χ4n) is 2.21. The molecule has 9 heteroatoms. The average Bonchev–Trinajstić information content (AvgIpc) is 3.09. The molecule has 0 fully saturated rings. The Morgan fingerprint density at radius 2 is 1.96 bits per heavy atom. The van der Waals surface area contributed by atoms with Crippen molar-refractivity contribution in [2.75, 3.05) is 11.9 Å². The first-order valence-electron chi connectivity index (χ1n) is 7.93. The maximum Gasteiger partial charge on any atom is 0.422 e. The minimum atomic E-state index is -4.40. The Morgan fingerprint density at radius 1 is 1.15 bits per heavy atom. The van der Waals surface area contributed by atoms with E-state index >= 15 is 0 Å². The van der Waals surface area contributed by atoms with Gasteiger partial charge in [0.25, 0.3) is 0 Å². The van der Waals surface area contributed by atoms with Crippen LogP contribution in [-0.4, -0.2) is 22.9 Å². The Labute approximate surface area is 152 Å². The smallest absolute Gasteiger partial charge is 0.422 e. The van der Waals surface area contributed by atoms with Crippen LogP contribution in [0.4, 0.5) is 23.2 Å². The minimum Gasteiger partial charge on any atom is -0.484 e. The number of halogens is 4. The molecule has 1 N–H and O–H groups in total. The summed E-state index contributed by atoms with van der Waals surface area (Å²) >= 11 is 0. The first-order chi connectivity index (χ1) is 12.8. The molecular formula is C18H15F4N3O2. The molecule has 27 heavy (non-hydrogen) atoms. The van der Waals surface area contributed by atoms with Gasteiger partial charge in [0.2, 0.25) is 11.7 Å². The van der Waals surface area contributed by atoms with Crippen molar-refractivity contribution in [2.24, 2.45) is 0 Å². The van der Waals surface area contributed by atoms with Crippen molar-refractivity contribution in [1.29, 1.82) is 0 Å². The molecule has 0 atom stereocenters. The molecule has 1 aromatic heterocycles. The number of aryl methyl sites for hydroxylation is 1. The second-order valence-corrected chi connectivity index (χ2v) is 5.76. The Bertz CT molecular complexity index is 925. The van der Waals surface area contributed by atoms with Gasteiger partial charge in [-0.1, -0.05) is 23.4 Å². The van der Waals surface area contributed by atoms with E-state index in [-0.39, 0.29) is 29.8 Å². The third-order valence-electron chi connectivity index (χ3n) is 3.58. The second kappa shape index (κ2) is 7.65. The molecule has 142 valence electrons. The normalized spacial score (nSPS) is 11.4. The molecule has 0 saturated carbocycles. The van der Waals surface area contributed by atoms with Crippen molar-refractivity contribution in [3.8, 4) is 17.1 Å². The summed E-state index contributed by atoms with van der Waals surface area (Å²) in [5, 5.41) is 6.75. The molecule has 5 nitrogen and oxygen atoms in total. The minimum absolute atomic E-state index is 0.0821. The maximum atomic E-state index is 13.6. The van der Waals surface area contributed by atoms with Crippen LogP contribution in [0, 0.1) is 12.7 Å². The van der Waals surface area contributed by atoms with Crippen LogP contribution >= 0.6 is 0 Å². The van der Waals surface area contributed by atoms with E-state index in [1.54, 1.807) is 31.2 Å². The molecule has 0 aliphatic rings. The molecule has 0 unspecified atom stereocenters. The molecule has 1 heterocycles. The molecule has 0 aliphatic carbocycles. The Kier molecular flexibility index (Phi) is 5.29. The number of aromatic nitrogens is 2. The van der Waals surface area contributed by atoms with E-state index in [1.807, 2.05) is 0 Å². The van der Waals surface area contributed by atoms with Crippen LogP contribution in [0.25, 0.3) is 11.4 Å². The molecule has 0 saturated heterocycles. The van der Waals surface area contributed by atoms with E-state index in [2.05, 4.69) is 15.5 Å². The van der Waals surface area contributed by atoms with Gasteiger partial charge < -0.3 is 14.6 Å². The summed E-state index contributed by atoms with van der Waals surface area (Å²) in [6, 6.07) is 10.7. The van der Waals surface area contributed by atoms with Crippen LogP contribution in [0.3, 0.4) is 0 Å². The zero-order valence-electron chi connectivity index (χ0n) is 14.2. The Hall–Kier alpha value is -3.10. The van der Waals surface area contributed by atoms with Gasteiger partial charge in [-0.05, 0) is 30.7 Å². The fraction of sp³-hybridized carbons (Fsp3) is 0.222. The third kappa shape index (κ3) is 5.19. The fourth-order valence-corrected chi connectivity index (χ4v) is 2.21. The SMILES string of the molecule is Cc1ccc(-c2noc(CNc3cccc(OCC(F)(F)F)c3)n2)cc1F. The van der Waals surface area contributed by atoms with Crippen molar-refractivity contribution in [2.45, 2.75) is 19.6 Å². The van der Waals surface area contributed by atoms with Crippen molar-refractivity contribution < 1.29 is 26.8 Å². The van der Waals surface area contributed by atoms with Gasteiger partial charge >= 0.3 is 6.18 Å². The van der Waals surface area contributed by atoms with E-state index in [0.29, 0.717) is 16.8 Å². The number of rotatable bonds is 6. The molecule has 0 radical (unpaired) electrons. The van der Waals surface area contributed by atoms with Gasteiger partial charge in [0.15, 0.2) is 6.61 Å². The maximum absolute atomic E-state index is 13.6. The number of benzene rings is 2. The van der Waals surface area contributed by atoms with Gasteiger partial charge in [-0.2, -0.15) is 18.2 Å². The number of anilines is 1. The number of nitrogens with zero attached hydrogens (tertiary/aromatic N) is 2. The lowest BCUT2D eigenvalue weighted by Crippen LogP contribution is -2.19. The second-order valence-electron chi connectivity index (χ2n) is 5.76. The van der Waals surface area contributed by atoms with Gasteiger partial charge in [-0.25, -0.2) is 4.39 Å². The summed E-state index contributed by atoms with van der Waals surface area (Å²) in [6.07, 6.45) is -4.40. The summed E-state index contributed by atoms with van der Waals surface area (Å²) < 4.78 is 60.1. The van der Waals surface area contributed by atoms with Gasteiger partial charge in [0.1, 0.15) is 11.6 Å². The molecule has 0 amide bonds. The summed E-state index contributed by atoms with van der Waals surface area (Å²) in [6.45, 7) is 0.428. The Morgan fingerprint density at radius 3 is 2.70 bits per heavy atom. The highest BCUT2D eigenvalue weighted by Crippen LogP contribution is 2.22. The van der Waals surface area contributed by atoms with Gasteiger partial charge in [0, 0.05) is 17.3 Å². The summed E-state index contributed by atoms with van der Waals surface area (Å²) in [7, 11) is 0. The first kappa shape index (κ1) is 18.7. The van der Waals surface area contributed by atoms with Crippen LogP contribution in [0.1, 0.15) is 11.5 Å². The van der Waals surface area contributed by atoms with Crippen molar-refractivity contribution in [3.63, 3.8) is 0 Å². The summed E-state index contributed by atoms with van der Waals surface area (Å²) in [5.74, 6) is 0.201. The predicted octanol–water partition coefficient (Wildman–Crippen LogP) is 4.74. The van der Waals surface area contributed by atoms with Gasteiger partial charge in [-0.3, -0.25) is 0 Å². The highest BCUT2D eigenvalue weighted by Gasteiger charge is 2.28. The molecule has 3 rings (SSSR count). The molecule has 0 aliphatic heterocycles. The summed E-state index contributed by atoms with van der Waals surface area (Å²) in [4.78, 5) is 4.17. The van der Waals surface area contributed by atoms with Crippen molar-refractivity contribution >= 4 is 5.69 Å². The number of ether oxygens (including phenoxy) is 1. The van der Waals surface area contributed by atoms with Crippen molar-refractivity contribution in [1.82, 2.24) is 10.1 Å². The third-order valence-corrected chi connectivity index (χ3v) is 3.58. The van der Waals surface area contributed by atoms with E-state index in [1.165, 1.54) is 18.2 Å². The Balaban J connectivity index is 1.62. The largest absolute Gasteiger partial charge is 0.484 e. The summed E-state index contributed by atoms with van der Waals surface area (Å²) in [5.41, 5.74) is 1.52. The van der Waals surface area contributed by atoms with Gasteiger partial charge in [-0.15, -0.1) is 0 Å². The van der Waals surface area contributed by atoms with E-state index < -0.39 is 12.8 Å². The zero-order valence-corrected chi connectivity index (χ0v) is 14.2. The standard InChI is InChI=1S/C18H15F4N3O2/c1-11-5-6-12(7-15(11)19)17-24-16(27-25-17)9-23-13-3-2-4-14(8-13)26-10-18(20,21)22/h2-8,23H,9-10H2,1H3. The quantitative estimate of drug-likeness (QED) is 0.625. The number of hydrogen-bond donors (Lipinski definition) is 1. The van der Waals surface area contributed by atoms with Crippen molar-refractivity contribution in [3.05, 3.63) is 59.7 Å². The van der Waals surface area contributed by atoms with Crippen LogP contribution in [0.15, 0.2) is 47.0 Å². The van der Waals surface area contributed by atoms with Gasteiger partial charge in [0.05, 0.1) is 6.54 Å². The van der Waals surface area contributed by atoms with Crippen LogP contribution in [0.5, 0.6) is 5.75 Å². The van der Waals surface area contributed by atoms with E-state index in [4.69, 9.17) is 9.26 Å². The highest BCUT2D eigenvalue weighted by atomic mass is 19.4. The van der Waals surface area contributed by atoms with E-state index in [9.17, 15) is 17.6 Å². The topological polar surface area (TPSA) is 60.2 Å². The van der Waals surface area contributed by atoms with Crippen LogP contribution < -0.4 is 10.1 Å². The first-order valence-corrected chi connectivity index (χ1v) is 7.93. The number of hydrogen-bond acceptors (Lipinski definition) is 5. The van der Waals surface area contributed by atoms with E-state index in [0.717, 1.165) is 0 Å². The lowest BCUT2D eigenvalue weighted by atomic mass is 10.1. The zero-order chi connectivity index (χ0) is 19.4. The van der Waals surface area contributed by atoms with Crippen LogP contribution in [-0.2, 0) is 6.54 Å². The molecule has 2 aromatic carbocycles. The predicted molar refractivity (Wildman–Crippen MR) is 89.7 cm³/mol. The number of nitrogens with one attached hydrogen (secondary N) is 1. The average molecular weight is 381 g/mol. The highest BCUT2D eigenvalue weighted by molar-refractivity contribution is 5.55. The molecule has 0 bridgehead atoms. The monoisotopic (exact) mass is 381 g/mol.